The normalized spacial score (nSPS) is 16.3. The number of thiocarbonyl (C=S) groups is 1. The van der Waals surface area contributed by atoms with Gasteiger partial charge in [0.25, 0.3) is 0 Å². The molecule has 1 aliphatic heterocycles. The standard InChI is InChI=1S/C17H17ClN2OS/c18-14-5-3-6-15(9-14)20-17(22)19-10-12-8-13-4-1-2-7-16(13)21-11-12/h1-7,9,12H,8,10-11H2,(H2,19,20,22)/t12-/m0/s1. The fraction of sp³-hybridized carbons (Fsp3) is 0.235. The van der Waals surface area contributed by atoms with Gasteiger partial charge >= 0.3 is 0 Å². The zero-order valence-electron chi connectivity index (χ0n) is 12.0. The Balaban J connectivity index is 1.50. The molecule has 0 aliphatic carbocycles. The summed E-state index contributed by atoms with van der Waals surface area (Å²) >= 11 is 11.3. The summed E-state index contributed by atoms with van der Waals surface area (Å²) in [6.07, 6.45) is 1.00. The monoisotopic (exact) mass is 332 g/mol. The van der Waals surface area contributed by atoms with E-state index in [2.05, 4.69) is 16.7 Å². The molecule has 3 rings (SSSR count). The molecule has 22 heavy (non-hydrogen) atoms. The van der Waals surface area contributed by atoms with Crippen LogP contribution >= 0.6 is 23.8 Å². The molecule has 5 heteroatoms. The summed E-state index contributed by atoms with van der Waals surface area (Å²) in [4.78, 5) is 0. The summed E-state index contributed by atoms with van der Waals surface area (Å²) in [5, 5.41) is 7.67. The highest BCUT2D eigenvalue weighted by atomic mass is 35.5. The average Bonchev–Trinajstić information content (AvgIpc) is 2.53. The number of ether oxygens (including phenoxy) is 1. The maximum Gasteiger partial charge on any atom is 0.170 e. The van der Waals surface area contributed by atoms with Crippen molar-refractivity contribution >= 4 is 34.6 Å². The molecule has 114 valence electrons. The van der Waals surface area contributed by atoms with Crippen LogP contribution in [-0.2, 0) is 6.42 Å². The van der Waals surface area contributed by atoms with Crippen molar-refractivity contribution in [3.8, 4) is 5.75 Å². The average molecular weight is 333 g/mol. The maximum atomic E-state index is 5.95. The number of benzene rings is 2. The van der Waals surface area contributed by atoms with Crippen molar-refractivity contribution in [2.24, 2.45) is 5.92 Å². The number of anilines is 1. The molecule has 1 atom stereocenters. The highest BCUT2D eigenvalue weighted by molar-refractivity contribution is 7.80. The van der Waals surface area contributed by atoms with Crippen LogP contribution in [0.5, 0.6) is 5.75 Å². The van der Waals surface area contributed by atoms with Gasteiger partial charge < -0.3 is 15.4 Å². The first-order valence-corrected chi connectivity index (χ1v) is 8.00. The zero-order chi connectivity index (χ0) is 15.4. The lowest BCUT2D eigenvalue weighted by molar-refractivity contribution is 0.223. The minimum absolute atomic E-state index is 0.411. The fourth-order valence-corrected chi connectivity index (χ4v) is 2.89. The van der Waals surface area contributed by atoms with Crippen LogP contribution in [0.15, 0.2) is 48.5 Å². The second kappa shape index (κ2) is 6.99. The first-order valence-electron chi connectivity index (χ1n) is 7.22. The Morgan fingerprint density at radius 2 is 2.09 bits per heavy atom. The number of fused-ring (bicyclic) bond motifs is 1. The van der Waals surface area contributed by atoms with E-state index in [-0.39, 0.29) is 0 Å². The molecule has 0 radical (unpaired) electrons. The van der Waals surface area contributed by atoms with Crippen LogP contribution < -0.4 is 15.4 Å². The van der Waals surface area contributed by atoms with Gasteiger partial charge in [-0.05, 0) is 48.5 Å². The van der Waals surface area contributed by atoms with Crippen molar-refractivity contribution in [2.45, 2.75) is 6.42 Å². The van der Waals surface area contributed by atoms with Crippen LogP contribution in [-0.4, -0.2) is 18.3 Å². The summed E-state index contributed by atoms with van der Waals surface area (Å²) in [6.45, 7) is 1.49. The van der Waals surface area contributed by atoms with E-state index >= 15 is 0 Å². The van der Waals surface area contributed by atoms with Crippen LogP contribution in [0.3, 0.4) is 0 Å². The fourth-order valence-electron chi connectivity index (χ4n) is 2.50. The lowest BCUT2D eigenvalue weighted by Crippen LogP contribution is -2.36. The van der Waals surface area contributed by atoms with Crippen LogP contribution in [0.25, 0.3) is 0 Å². The van der Waals surface area contributed by atoms with Crippen molar-refractivity contribution < 1.29 is 4.74 Å². The third-order valence-corrected chi connectivity index (χ3v) is 4.07. The molecule has 2 N–H and O–H groups in total. The number of rotatable bonds is 3. The van der Waals surface area contributed by atoms with Gasteiger partial charge in [0.15, 0.2) is 5.11 Å². The van der Waals surface area contributed by atoms with Crippen molar-refractivity contribution in [3.05, 3.63) is 59.1 Å². The van der Waals surface area contributed by atoms with E-state index in [9.17, 15) is 0 Å². The Hall–Kier alpha value is -1.78. The first kappa shape index (κ1) is 15.1. The summed E-state index contributed by atoms with van der Waals surface area (Å²) in [5.74, 6) is 1.41. The molecule has 2 aromatic rings. The second-order valence-corrected chi connectivity index (χ2v) is 6.18. The third kappa shape index (κ3) is 3.90. The molecule has 2 aromatic carbocycles. The molecule has 0 amide bonds. The molecule has 0 spiro atoms. The molecule has 0 bridgehead atoms. The maximum absolute atomic E-state index is 5.95. The first-order chi connectivity index (χ1) is 10.7. The Bertz CT molecular complexity index is 677. The molecule has 1 aliphatic rings. The molecule has 0 saturated heterocycles. The van der Waals surface area contributed by atoms with Crippen LogP contribution in [0, 0.1) is 5.92 Å². The van der Waals surface area contributed by atoms with E-state index in [1.165, 1.54) is 5.56 Å². The number of halogens is 1. The third-order valence-electron chi connectivity index (χ3n) is 3.59. The SMILES string of the molecule is S=C(NC[C@H]1COc2ccccc2C1)Nc1cccc(Cl)c1. The van der Waals surface area contributed by atoms with E-state index in [0.29, 0.717) is 22.7 Å². The molecule has 0 unspecified atom stereocenters. The van der Waals surface area contributed by atoms with Gasteiger partial charge in [-0.2, -0.15) is 0 Å². The van der Waals surface area contributed by atoms with Gasteiger partial charge in [-0.15, -0.1) is 0 Å². The van der Waals surface area contributed by atoms with E-state index < -0.39 is 0 Å². The lowest BCUT2D eigenvalue weighted by Gasteiger charge is -2.25. The molecule has 0 aromatic heterocycles. The number of hydrogen-bond acceptors (Lipinski definition) is 2. The number of hydrogen-bond donors (Lipinski definition) is 2. The number of nitrogens with one attached hydrogen (secondary N) is 2. The van der Waals surface area contributed by atoms with Gasteiger partial charge in [0, 0.05) is 23.2 Å². The Morgan fingerprint density at radius 3 is 2.95 bits per heavy atom. The predicted octanol–water partition coefficient (Wildman–Crippen LogP) is 3.88. The highest BCUT2D eigenvalue weighted by Crippen LogP contribution is 2.26. The minimum atomic E-state index is 0.411. The van der Waals surface area contributed by atoms with Crippen LogP contribution in [0.4, 0.5) is 5.69 Å². The molecular formula is C17H17ClN2OS. The Labute approximate surface area is 140 Å². The van der Waals surface area contributed by atoms with E-state index in [0.717, 1.165) is 24.4 Å². The van der Waals surface area contributed by atoms with E-state index in [1.54, 1.807) is 0 Å². The van der Waals surface area contributed by atoms with E-state index in [4.69, 9.17) is 28.6 Å². The van der Waals surface area contributed by atoms with Crippen molar-refractivity contribution in [1.82, 2.24) is 5.32 Å². The van der Waals surface area contributed by atoms with Crippen LogP contribution in [0.2, 0.25) is 5.02 Å². The largest absolute Gasteiger partial charge is 0.493 e. The summed E-state index contributed by atoms with van der Waals surface area (Å²) in [6, 6.07) is 15.7. The highest BCUT2D eigenvalue weighted by Gasteiger charge is 2.19. The lowest BCUT2D eigenvalue weighted by atomic mass is 9.97. The van der Waals surface area contributed by atoms with Crippen molar-refractivity contribution in [1.29, 1.82) is 0 Å². The van der Waals surface area contributed by atoms with Gasteiger partial charge in [-0.1, -0.05) is 35.9 Å². The van der Waals surface area contributed by atoms with Gasteiger partial charge in [-0.25, -0.2) is 0 Å². The zero-order valence-corrected chi connectivity index (χ0v) is 13.6. The van der Waals surface area contributed by atoms with Gasteiger partial charge in [0.1, 0.15) is 5.75 Å². The Morgan fingerprint density at radius 1 is 1.23 bits per heavy atom. The number of para-hydroxylation sites is 1. The summed E-state index contributed by atoms with van der Waals surface area (Å²) in [7, 11) is 0. The summed E-state index contributed by atoms with van der Waals surface area (Å²) in [5.41, 5.74) is 2.14. The predicted molar refractivity (Wildman–Crippen MR) is 94.8 cm³/mol. The van der Waals surface area contributed by atoms with Gasteiger partial charge in [-0.3, -0.25) is 0 Å². The molecule has 3 nitrogen and oxygen atoms in total. The van der Waals surface area contributed by atoms with Crippen molar-refractivity contribution in [3.63, 3.8) is 0 Å². The molecular weight excluding hydrogens is 316 g/mol. The minimum Gasteiger partial charge on any atom is -0.493 e. The van der Waals surface area contributed by atoms with Gasteiger partial charge in [0.2, 0.25) is 0 Å². The molecule has 0 saturated carbocycles. The van der Waals surface area contributed by atoms with Crippen molar-refractivity contribution in [2.75, 3.05) is 18.5 Å². The van der Waals surface area contributed by atoms with Crippen LogP contribution in [0.1, 0.15) is 5.56 Å². The molecule has 1 heterocycles. The topological polar surface area (TPSA) is 33.3 Å². The quantitative estimate of drug-likeness (QED) is 0.836. The summed E-state index contributed by atoms with van der Waals surface area (Å²) < 4.78 is 5.78. The van der Waals surface area contributed by atoms with E-state index in [1.807, 2.05) is 42.5 Å². The second-order valence-electron chi connectivity index (χ2n) is 5.33. The molecule has 0 fully saturated rings. The Kier molecular flexibility index (Phi) is 4.80. The smallest absolute Gasteiger partial charge is 0.170 e. The van der Waals surface area contributed by atoms with Gasteiger partial charge in [0.05, 0.1) is 6.61 Å².